The molecule has 0 saturated carbocycles. The molecule has 0 bridgehead atoms. The largest absolute Gasteiger partial charge is 0.380 e. The zero-order valence-corrected chi connectivity index (χ0v) is 21.2. The number of aryl methyl sites for hydroxylation is 2. The van der Waals surface area contributed by atoms with Gasteiger partial charge in [0.1, 0.15) is 0 Å². The number of fused-ring (bicyclic) bond motifs is 1. The van der Waals surface area contributed by atoms with E-state index < -0.39 is 16.1 Å². The molecule has 1 atom stereocenters. The van der Waals surface area contributed by atoms with Gasteiger partial charge in [-0.15, -0.1) is 0 Å². The maximum atomic E-state index is 13.2. The second-order valence-corrected chi connectivity index (χ2v) is 11.3. The normalized spacial score (nSPS) is 16.8. The molecule has 2 heterocycles. The van der Waals surface area contributed by atoms with Crippen molar-refractivity contribution >= 4 is 21.6 Å². The molecule has 1 aliphatic heterocycles. The third-order valence-electron chi connectivity index (χ3n) is 6.25. The van der Waals surface area contributed by atoms with Crippen molar-refractivity contribution in [2.45, 2.75) is 63.1 Å². The molecule has 0 saturated heterocycles. The molecule has 186 valence electrons. The number of hydrogen-bond donors (Lipinski definition) is 3. The monoisotopic (exact) mass is 495 g/mol. The first kappa shape index (κ1) is 24.9. The van der Waals surface area contributed by atoms with Crippen molar-refractivity contribution in [3.05, 3.63) is 77.9 Å². The van der Waals surface area contributed by atoms with Gasteiger partial charge < -0.3 is 15.2 Å². The molecule has 35 heavy (non-hydrogen) atoms. The van der Waals surface area contributed by atoms with Crippen LogP contribution in [0.4, 0.5) is 5.69 Å². The van der Waals surface area contributed by atoms with Crippen molar-refractivity contribution in [1.29, 1.82) is 0 Å². The van der Waals surface area contributed by atoms with Crippen LogP contribution in [-0.4, -0.2) is 36.0 Å². The zero-order valence-electron chi connectivity index (χ0n) is 20.4. The summed E-state index contributed by atoms with van der Waals surface area (Å²) >= 11 is 0. The second kappa shape index (κ2) is 10.2. The summed E-state index contributed by atoms with van der Waals surface area (Å²) in [5.74, 6) is -0.181. The van der Waals surface area contributed by atoms with Crippen LogP contribution in [0.2, 0.25) is 0 Å². The lowest BCUT2D eigenvalue weighted by Crippen LogP contribution is -2.43. The van der Waals surface area contributed by atoms with E-state index in [2.05, 4.69) is 20.3 Å². The molecule has 0 aliphatic carbocycles. The highest BCUT2D eigenvalue weighted by molar-refractivity contribution is 7.89. The minimum Gasteiger partial charge on any atom is -0.380 e. The first-order chi connectivity index (χ1) is 16.7. The van der Waals surface area contributed by atoms with Gasteiger partial charge in [-0.25, -0.2) is 18.1 Å². The number of amides is 1. The lowest BCUT2D eigenvalue weighted by Gasteiger charge is -2.39. The molecule has 1 aliphatic rings. The van der Waals surface area contributed by atoms with Gasteiger partial charge in [-0.2, -0.15) is 0 Å². The fourth-order valence-corrected chi connectivity index (χ4v) is 5.61. The van der Waals surface area contributed by atoms with Gasteiger partial charge in [0, 0.05) is 42.3 Å². The molecule has 4 rings (SSSR count). The van der Waals surface area contributed by atoms with Gasteiger partial charge in [-0.05, 0) is 74.6 Å². The Morgan fingerprint density at radius 2 is 1.97 bits per heavy atom. The summed E-state index contributed by atoms with van der Waals surface area (Å²) in [7, 11) is -3.74. The number of benzene rings is 2. The summed E-state index contributed by atoms with van der Waals surface area (Å²) in [6, 6.07) is 11.9. The number of imidazole rings is 1. The molecule has 3 N–H and O–H groups in total. The third kappa shape index (κ3) is 6.10. The maximum absolute atomic E-state index is 13.2. The van der Waals surface area contributed by atoms with E-state index in [4.69, 9.17) is 0 Å². The zero-order chi connectivity index (χ0) is 25.1. The molecule has 9 heteroatoms. The van der Waals surface area contributed by atoms with Crippen LogP contribution in [0.3, 0.4) is 0 Å². The van der Waals surface area contributed by atoms with Crippen LogP contribution in [0.5, 0.6) is 0 Å². The molecular weight excluding hydrogens is 462 g/mol. The predicted octanol–water partition coefficient (Wildman–Crippen LogP) is 3.88. The predicted molar refractivity (Wildman–Crippen MR) is 137 cm³/mol. The third-order valence-corrected chi connectivity index (χ3v) is 7.74. The molecule has 2 aromatic carbocycles. The van der Waals surface area contributed by atoms with Crippen molar-refractivity contribution in [2.24, 2.45) is 0 Å². The quantitative estimate of drug-likeness (QED) is 0.391. The molecule has 0 fully saturated rings. The van der Waals surface area contributed by atoms with E-state index in [1.54, 1.807) is 36.8 Å². The molecule has 8 nitrogen and oxygen atoms in total. The molecule has 0 unspecified atom stereocenters. The number of hydrogen-bond acceptors (Lipinski definition) is 5. The number of anilines is 1. The van der Waals surface area contributed by atoms with Crippen molar-refractivity contribution < 1.29 is 13.2 Å². The number of aromatic nitrogens is 2. The lowest BCUT2D eigenvalue weighted by atomic mass is 9.85. The van der Waals surface area contributed by atoms with Crippen molar-refractivity contribution in [1.82, 2.24) is 19.6 Å². The molecule has 3 aromatic rings. The Kier molecular flexibility index (Phi) is 7.28. The topological polar surface area (TPSA) is 105 Å². The van der Waals surface area contributed by atoms with Gasteiger partial charge in [0.05, 0.1) is 17.3 Å². The minimum absolute atomic E-state index is 0.181. The Hall–Kier alpha value is -3.17. The van der Waals surface area contributed by atoms with E-state index in [9.17, 15) is 13.2 Å². The molecule has 1 amide bonds. The second-order valence-electron chi connectivity index (χ2n) is 9.60. The fourth-order valence-electron chi connectivity index (χ4n) is 4.39. The summed E-state index contributed by atoms with van der Waals surface area (Å²) in [6.07, 6.45) is 7.53. The number of nitrogens with one attached hydrogen (secondary N) is 3. The molecule has 0 radical (unpaired) electrons. The van der Waals surface area contributed by atoms with Crippen LogP contribution in [0.1, 0.15) is 61.1 Å². The SMILES string of the molecule is CCc1ccc(S(=O)(=O)N[C@H]2CC(C)(C)Nc3ccc(C(=O)NCCCn4ccnc4)cc32)cc1. The highest BCUT2D eigenvalue weighted by atomic mass is 32.2. The highest BCUT2D eigenvalue weighted by Crippen LogP contribution is 2.38. The smallest absolute Gasteiger partial charge is 0.251 e. The Bertz CT molecular complexity index is 1270. The molecule has 1 aromatic heterocycles. The first-order valence-electron chi connectivity index (χ1n) is 11.9. The summed E-state index contributed by atoms with van der Waals surface area (Å²) in [5, 5.41) is 6.42. The Morgan fingerprint density at radius 3 is 2.66 bits per heavy atom. The van der Waals surface area contributed by atoms with Crippen molar-refractivity contribution in [3.63, 3.8) is 0 Å². The van der Waals surface area contributed by atoms with Gasteiger partial charge in [0.15, 0.2) is 0 Å². The Labute approximate surface area is 207 Å². The standard InChI is InChI=1S/C26H33N5O3S/c1-4-19-6-9-21(10-7-19)35(33,34)30-24-17-26(2,3)29-23-11-8-20(16-22(23)24)25(32)28-12-5-14-31-15-13-27-18-31/h6-11,13,15-16,18,24,29-30H,4-5,12,14,17H2,1-3H3,(H,28,32)/t24-/m0/s1. The Balaban J connectivity index is 1.50. The van der Waals surface area contributed by atoms with Gasteiger partial charge in [-0.1, -0.05) is 19.1 Å². The Morgan fingerprint density at radius 1 is 1.20 bits per heavy atom. The summed E-state index contributed by atoms with van der Waals surface area (Å²) in [6.45, 7) is 7.40. The van der Waals surface area contributed by atoms with Crippen LogP contribution < -0.4 is 15.4 Å². The van der Waals surface area contributed by atoms with Gasteiger partial charge in [0.25, 0.3) is 5.91 Å². The van der Waals surface area contributed by atoms with E-state index in [0.29, 0.717) is 18.5 Å². The van der Waals surface area contributed by atoms with Gasteiger partial charge in [0.2, 0.25) is 10.0 Å². The van der Waals surface area contributed by atoms with Gasteiger partial charge in [-0.3, -0.25) is 4.79 Å². The average Bonchev–Trinajstić information content (AvgIpc) is 3.34. The minimum atomic E-state index is -3.74. The van der Waals surface area contributed by atoms with Gasteiger partial charge >= 0.3 is 0 Å². The number of sulfonamides is 1. The van der Waals surface area contributed by atoms with E-state index in [-0.39, 0.29) is 16.3 Å². The number of nitrogens with zero attached hydrogens (tertiary/aromatic N) is 2. The van der Waals surface area contributed by atoms with Crippen LogP contribution in [0.15, 0.2) is 66.1 Å². The number of carbonyl (C=O) groups is 1. The summed E-state index contributed by atoms with van der Waals surface area (Å²) in [5.41, 5.74) is 2.86. The number of rotatable bonds is 9. The summed E-state index contributed by atoms with van der Waals surface area (Å²) in [4.78, 5) is 17.1. The van der Waals surface area contributed by atoms with Crippen LogP contribution in [0.25, 0.3) is 0 Å². The van der Waals surface area contributed by atoms with E-state index in [0.717, 1.165) is 36.2 Å². The lowest BCUT2D eigenvalue weighted by molar-refractivity contribution is 0.0952. The molecule has 0 spiro atoms. The highest BCUT2D eigenvalue weighted by Gasteiger charge is 2.34. The fraction of sp³-hybridized carbons (Fsp3) is 0.385. The van der Waals surface area contributed by atoms with Crippen molar-refractivity contribution in [2.75, 3.05) is 11.9 Å². The van der Waals surface area contributed by atoms with Crippen LogP contribution in [-0.2, 0) is 23.0 Å². The van der Waals surface area contributed by atoms with Crippen LogP contribution in [0, 0.1) is 0 Å². The van der Waals surface area contributed by atoms with Crippen molar-refractivity contribution in [3.8, 4) is 0 Å². The van der Waals surface area contributed by atoms with E-state index in [1.165, 1.54) is 0 Å². The summed E-state index contributed by atoms with van der Waals surface area (Å²) < 4.78 is 31.2. The van der Waals surface area contributed by atoms with E-state index >= 15 is 0 Å². The maximum Gasteiger partial charge on any atom is 0.251 e. The number of carbonyl (C=O) groups excluding carboxylic acids is 1. The average molecular weight is 496 g/mol. The van der Waals surface area contributed by atoms with E-state index in [1.807, 2.05) is 49.7 Å². The van der Waals surface area contributed by atoms with Crippen LogP contribution >= 0.6 is 0 Å². The molecular formula is C26H33N5O3S. The first-order valence-corrected chi connectivity index (χ1v) is 13.4.